The van der Waals surface area contributed by atoms with E-state index in [0.29, 0.717) is 6.07 Å². The number of rotatable bonds is 4. The van der Waals surface area contributed by atoms with Crippen LogP contribution in [0.15, 0.2) is 16.9 Å². The second-order valence-electron chi connectivity index (χ2n) is 5.83. The summed E-state index contributed by atoms with van der Waals surface area (Å²) in [4.78, 5) is 25.6. The summed E-state index contributed by atoms with van der Waals surface area (Å²) in [6.07, 6.45) is 0.531. The van der Waals surface area contributed by atoms with Crippen LogP contribution in [0.5, 0.6) is 0 Å². The van der Waals surface area contributed by atoms with Gasteiger partial charge in [-0.25, -0.2) is 0 Å². The van der Waals surface area contributed by atoms with E-state index < -0.39 is 23.3 Å². The van der Waals surface area contributed by atoms with Gasteiger partial charge in [-0.1, -0.05) is 19.3 Å². The molecule has 0 radical (unpaired) electrons. The van der Waals surface area contributed by atoms with Crippen LogP contribution in [0.1, 0.15) is 48.2 Å². The van der Waals surface area contributed by atoms with Crippen molar-refractivity contribution in [3.8, 4) is 0 Å². The van der Waals surface area contributed by atoms with E-state index >= 15 is 0 Å². The highest BCUT2D eigenvalue weighted by Crippen LogP contribution is 2.27. The molecule has 0 aromatic carbocycles. The number of hydrogen-bond donors (Lipinski definition) is 3. The third-order valence-electron chi connectivity index (χ3n) is 4.25. The van der Waals surface area contributed by atoms with E-state index in [1.54, 1.807) is 4.98 Å². The molecule has 1 aliphatic rings. The third kappa shape index (κ3) is 4.34. The number of hydrogen-bond acceptors (Lipinski definition) is 3. The standard InChI is InChI=1S/C15H20F3N3O2/c16-15(17,18)12-7-6-10(14(23)21-12)13(22)20-11(8-19)9-4-2-1-3-5-9/h6-7,9,11H,1-5,8,19H2,(H,20,22)(H,21,23). The molecular formula is C15H20F3N3O2. The second-order valence-corrected chi connectivity index (χ2v) is 5.83. The van der Waals surface area contributed by atoms with Gasteiger partial charge in [-0.2, -0.15) is 13.2 Å². The molecule has 8 heteroatoms. The van der Waals surface area contributed by atoms with Crippen LogP contribution in [0.4, 0.5) is 13.2 Å². The summed E-state index contributed by atoms with van der Waals surface area (Å²) in [7, 11) is 0. The van der Waals surface area contributed by atoms with Gasteiger partial charge in [-0.15, -0.1) is 0 Å². The maximum atomic E-state index is 12.5. The summed E-state index contributed by atoms with van der Waals surface area (Å²) in [5.74, 6) is -0.452. The first kappa shape index (κ1) is 17.5. The predicted octanol–water partition coefficient (Wildman–Crippen LogP) is 2.03. The number of nitrogens with two attached hydrogens (primary N) is 1. The fraction of sp³-hybridized carbons (Fsp3) is 0.600. The topological polar surface area (TPSA) is 88.0 Å². The molecule has 1 fully saturated rings. The van der Waals surface area contributed by atoms with Crippen LogP contribution in [0.25, 0.3) is 0 Å². The summed E-state index contributed by atoms with van der Waals surface area (Å²) in [5.41, 5.74) is 3.12. The maximum absolute atomic E-state index is 12.5. The predicted molar refractivity (Wildman–Crippen MR) is 78.9 cm³/mol. The van der Waals surface area contributed by atoms with E-state index in [-0.39, 0.29) is 24.1 Å². The van der Waals surface area contributed by atoms with Crippen LogP contribution in [0.3, 0.4) is 0 Å². The fourth-order valence-corrected chi connectivity index (χ4v) is 2.97. The SMILES string of the molecule is NCC(NC(=O)c1ccc(C(F)(F)F)[nH]c1=O)C1CCCCC1. The number of carbonyl (C=O) groups excluding carboxylic acids is 1. The molecule has 23 heavy (non-hydrogen) atoms. The molecule has 1 aliphatic carbocycles. The van der Waals surface area contributed by atoms with Gasteiger partial charge >= 0.3 is 6.18 Å². The van der Waals surface area contributed by atoms with Crippen molar-refractivity contribution in [2.75, 3.05) is 6.54 Å². The van der Waals surface area contributed by atoms with Crippen molar-refractivity contribution in [2.45, 2.75) is 44.3 Å². The first-order valence-electron chi connectivity index (χ1n) is 7.64. The summed E-state index contributed by atoms with van der Waals surface area (Å²) >= 11 is 0. The zero-order valence-corrected chi connectivity index (χ0v) is 12.6. The minimum absolute atomic E-state index is 0.231. The monoisotopic (exact) mass is 331 g/mol. The molecule has 1 unspecified atom stereocenters. The Morgan fingerprint density at radius 3 is 2.48 bits per heavy atom. The van der Waals surface area contributed by atoms with Gasteiger partial charge in [-0.3, -0.25) is 9.59 Å². The first-order valence-corrected chi connectivity index (χ1v) is 7.64. The van der Waals surface area contributed by atoms with Gasteiger partial charge in [0.05, 0.1) is 0 Å². The Morgan fingerprint density at radius 2 is 1.96 bits per heavy atom. The van der Waals surface area contributed by atoms with Gasteiger partial charge in [-0.05, 0) is 30.9 Å². The summed E-state index contributed by atoms with van der Waals surface area (Å²) in [5, 5.41) is 2.69. The Labute approximate surface area is 131 Å². The highest BCUT2D eigenvalue weighted by atomic mass is 19.4. The van der Waals surface area contributed by atoms with Gasteiger partial charge < -0.3 is 16.0 Å². The Kier molecular flexibility index (Phi) is 5.46. The number of nitrogens with one attached hydrogen (secondary N) is 2. The van der Waals surface area contributed by atoms with E-state index in [2.05, 4.69) is 5.32 Å². The molecule has 0 bridgehead atoms. The largest absolute Gasteiger partial charge is 0.431 e. The van der Waals surface area contributed by atoms with Crippen LogP contribution < -0.4 is 16.6 Å². The van der Waals surface area contributed by atoms with Crippen molar-refractivity contribution in [1.82, 2.24) is 10.3 Å². The van der Waals surface area contributed by atoms with Crippen LogP contribution in [0, 0.1) is 5.92 Å². The number of pyridine rings is 1. The molecule has 1 saturated carbocycles. The zero-order valence-electron chi connectivity index (χ0n) is 12.6. The molecule has 1 atom stereocenters. The lowest BCUT2D eigenvalue weighted by Gasteiger charge is -2.30. The summed E-state index contributed by atoms with van der Waals surface area (Å²) in [6.45, 7) is 0.231. The smallest absolute Gasteiger partial charge is 0.348 e. The molecule has 128 valence electrons. The molecule has 0 aliphatic heterocycles. The Morgan fingerprint density at radius 1 is 1.30 bits per heavy atom. The van der Waals surface area contributed by atoms with E-state index in [1.165, 1.54) is 0 Å². The van der Waals surface area contributed by atoms with Gasteiger partial charge in [0.2, 0.25) is 0 Å². The number of aromatic amines is 1. The second kappa shape index (κ2) is 7.16. The molecule has 2 rings (SSSR count). The molecule has 1 heterocycles. The molecule has 1 amide bonds. The quantitative estimate of drug-likeness (QED) is 0.789. The van der Waals surface area contributed by atoms with Crippen LogP contribution in [0.2, 0.25) is 0 Å². The van der Waals surface area contributed by atoms with E-state index in [1.807, 2.05) is 0 Å². The average Bonchev–Trinajstić information content (AvgIpc) is 2.52. The number of amides is 1. The van der Waals surface area contributed by atoms with E-state index in [0.717, 1.165) is 38.2 Å². The molecule has 1 aromatic rings. The van der Waals surface area contributed by atoms with Crippen LogP contribution >= 0.6 is 0 Å². The van der Waals surface area contributed by atoms with Crippen molar-refractivity contribution in [1.29, 1.82) is 0 Å². The molecule has 5 nitrogen and oxygen atoms in total. The first-order chi connectivity index (χ1) is 10.8. The van der Waals surface area contributed by atoms with Gasteiger partial charge in [0, 0.05) is 12.6 Å². The van der Waals surface area contributed by atoms with Crippen molar-refractivity contribution in [2.24, 2.45) is 11.7 Å². The van der Waals surface area contributed by atoms with Crippen molar-refractivity contribution in [3.63, 3.8) is 0 Å². The Balaban J connectivity index is 2.12. The maximum Gasteiger partial charge on any atom is 0.431 e. The Hall–Kier alpha value is -1.83. The molecular weight excluding hydrogens is 311 g/mol. The van der Waals surface area contributed by atoms with Crippen molar-refractivity contribution >= 4 is 5.91 Å². The zero-order chi connectivity index (χ0) is 17.0. The van der Waals surface area contributed by atoms with Crippen molar-refractivity contribution in [3.05, 3.63) is 33.7 Å². The summed E-state index contributed by atoms with van der Waals surface area (Å²) < 4.78 is 37.6. The Bertz CT molecular complexity index is 607. The van der Waals surface area contributed by atoms with Gasteiger partial charge in [0.25, 0.3) is 11.5 Å². The fourth-order valence-electron chi connectivity index (χ4n) is 2.97. The molecule has 0 spiro atoms. The number of carbonyl (C=O) groups is 1. The normalized spacial score (nSPS) is 17.7. The van der Waals surface area contributed by atoms with Crippen LogP contribution in [-0.4, -0.2) is 23.5 Å². The highest BCUT2D eigenvalue weighted by molar-refractivity contribution is 5.94. The minimum atomic E-state index is -4.66. The minimum Gasteiger partial charge on any atom is -0.348 e. The number of aromatic nitrogens is 1. The average molecular weight is 331 g/mol. The lowest BCUT2D eigenvalue weighted by Crippen LogP contribution is -2.47. The summed E-state index contributed by atoms with van der Waals surface area (Å²) in [6, 6.07) is 1.31. The number of alkyl halides is 3. The van der Waals surface area contributed by atoms with E-state index in [4.69, 9.17) is 5.73 Å². The lowest BCUT2D eigenvalue weighted by molar-refractivity contribution is -0.141. The third-order valence-corrected chi connectivity index (χ3v) is 4.25. The highest BCUT2D eigenvalue weighted by Gasteiger charge is 2.32. The molecule has 1 aromatic heterocycles. The van der Waals surface area contributed by atoms with Crippen molar-refractivity contribution < 1.29 is 18.0 Å². The number of H-pyrrole nitrogens is 1. The van der Waals surface area contributed by atoms with Gasteiger partial charge in [0.1, 0.15) is 11.3 Å². The van der Waals surface area contributed by atoms with E-state index in [9.17, 15) is 22.8 Å². The van der Waals surface area contributed by atoms with Gasteiger partial charge in [0.15, 0.2) is 0 Å². The lowest BCUT2D eigenvalue weighted by atomic mass is 9.84. The molecule has 0 saturated heterocycles. The van der Waals surface area contributed by atoms with Crippen LogP contribution in [-0.2, 0) is 6.18 Å². The molecule has 4 N–H and O–H groups in total. The number of halogens is 3.